The van der Waals surface area contributed by atoms with E-state index in [1.54, 1.807) is 6.20 Å². The van der Waals surface area contributed by atoms with Crippen LogP contribution in [0.15, 0.2) is 12.4 Å². The number of rotatable bonds is 5. The van der Waals surface area contributed by atoms with E-state index in [4.69, 9.17) is 0 Å². The lowest BCUT2D eigenvalue weighted by Gasteiger charge is -2.29. The van der Waals surface area contributed by atoms with Crippen LogP contribution >= 0.6 is 0 Å². The van der Waals surface area contributed by atoms with Crippen LogP contribution in [-0.4, -0.2) is 58.4 Å². The van der Waals surface area contributed by atoms with E-state index >= 15 is 0 Å². The third-order valence-corrected chi connectivity index (χ3v) is 3.20. The van der Waals surface area contributed by atoms with Crippen LogP contribution in [0.2, 0.25) is 0 Å². The van der Waals surface area contributed by atoms with Crippen molar-refractivity contribution in [1.29, 1.82) is 0 Å². The van der Waals surface area contributed by atoms with Gasteiger partial charge < -0.3 is 15.0 Å². The Morgan fingerprint density at radius 2 is 2.18 bits per heavy atom. The number of aryl methyl sites for hydroxylation is 1. The van der Waals surface area contributed by atoms with Crippen molar-refractivity contribution < 1.29 is 5.11 Å². The summed E-state index contributed by atoms with van der Waals surface area (Å²) in [7, 11) is 0. The third kappa shape index (κ3) is 3.52. The van der Waals surface area contributed by atoms with Gasteiger partial charge in [-0.15, -0.1) is 0 Å². The predicted octanol–water partition coefficient (Wildman–Crippen LogP) is -0.288. The smallest absolute Gasteiger partial charge is 0.108 e. The zero-order chi connectivity index (χ0) is 12.1. The van der Waals surface area contributed by atoms with Gasteiger partial charge in [0.15, 0.2) is 0 Å². The van der Waals surface area contributed by atoms with Gasteiger partial charge in [-0.3, -0.25) is 4.90 Å². The fourth-order valence-corrected chi connectivity index (χ4v) is 2.30. The maximum absolute atomic E-state index is 10.1. The molecule has 1 fully saturated rings. The molecule has 17 heavy (non-hydrogen) atoms. The number of nitrogens with zero attached hydrogens (tertiary/aromatic N) is 3. The second-order valence-corrected chi connectivity index (χ2v) is 4.55. The van der Waals surface area contributed by atoms with E-state index in [-0.39, 0.29) is 6.10 Å². The van der Waals surface area contributed by atoms with Crippen molar-refractivity contribution in [1.82, 2.24) is 19.8 Å². The number of aliphatic hydroxyl groups excluding tert-OH is 1. The third-order valence-electron chi connectivity index (χ3n) is 3.20. The SMILES string of the molecule is CCc1nccn1CC(O)CN1CCNCC1. The summed E-state index contributed by atoms with van der Waals surface area (Å²) in [5.74, 6) is 1.05. The number of nitrogens with one attached hydrogen (secondary N) is 1. The van der Waals surface area contributed by atoms with Crippen LogP contribution in [0.1, 0.15) is 12.7 Å². The van der Waals surface area contributed by atoms with Crippen LogP contribution in [0.4, 0.5) is 0 Å². The topological polar surface area (TPSA) is 53.3 Å². The molecule has 0 bridgehead atoms. The molecule has 0 amide bonds. The highest BCUT2D eigenvalue weighted by molar-refractivity contribution is 4.92. The molecule has 0 saturated carbocycles. The highest BCUT2D eigenvalue weighted by Crippen LogP contribution is 2.03. The lowest BCUT2D eigenvalue weighted by Crippen LogP contribution is -2.46. The summed E-state index contributed by atoms with van der Waals surface area (Å²) in [4.78, 5) is 6.57. The Morgan fingerprint density at radius 1 is 1.41 bits per heavy atom. The number of piperazine rings is 1. The van der Waals surface area contributed by atoms with Crippen molar-refractivity contribution in [3.63, 3.8) is 0 Å². The van der Waals surface area contributed by atoms with Gasteiger partial charge in [-0.25, -0.2) is 4.98 Å². The van der Waals surface area contributed by atoms with E-state index in [0.717, 1.165) is 45.0 Å². The molecular weight excluding hydrogens is 216 g/mol. The Kier molecular flexibility index (Phi) is 4.53. The van der Waals surface area contributed by atoms with E-state index in [0.29, 0.717) is 6.54 Å². The molecule has 5 heteroatoms. The normalized spacial score (nSPS) is 19.4. The fraction of sp³-hybridized carbons (Fsp3) is 0.750. The molecule has 2 N–H and O–H groups in total. The van der Waals surface area contributed by atoms with Crippen molar-refractivity contribution in [2.45, 2.75) is 26.0 Å². The summed E-state index contributed by atoms with van der Waals surface area (Å²) in [6.45, 7) is 7.59. The van der Waals surface area contributed by atoms with Gasteiger partial charge in [-0.1, -0.05) is 6.92 Å². The maximum atomic E-state index is 10.1. The van der Waals surface area contributed by atoms with Gasteiger partial charge in [-0.2, -0.15) is 0 Å². The first-order valence-corrected chi connectivity index (χ1v) is 6.40. The predicted molar refractivity (Wildman–Crippen MR) is 66.9 cm³/mol. The number of hydrogen-bond donors (Lipinski definition) is 2. The Morgan fingerprint density at radius 3 is 2.88 bits per heavy atom. The Bertz CT molecular complexity index is 333. The first-order chi connectivity index (χ1) is 8.29. The highest BCUT2D eigenvalue weighted by Gasteiger charge is 2.15. The largest absolute Gasteiger partial charge is 0.390 e. The van der Waals surface area contributed by atoms with Crippen molar-refractivity contribution in [3.8, 4) is 0 Å². The minimum atomic E-state index is -0.312. The first kappa shape index (κ1) is 12.5. The molecule has 5 nitrogen and oxygen atoms in total. The summed E-state index contributed by atoms with van der Waals surface area (Å²) in [6.07, 6.45) is 4.34. The van der Waals surface area contributed by atoms with E-state index in [9.17, 15) is 5.11 Å². The van der Waals surface area contributed by atoms with Gasteiger partial charge in [0, 0.05) is 51.5 Å². The molecule has 1 aliphatic heterocycles. The summed E-state index contributed by atoms with van der Waals surface area (Å²) >= 11 is 0. The number of hydrogen-bond acceptors (Lipinski definition) is 4. The highest BCUT2D eigenvalue weighted by atomic mass is 16.3. The van der Waals surface area contributed by atoms with Crippen molar-refractivity contribution in [3.05, 3.63) is 18.2 Å². The second kappa shape index (κ2) is 6.14. The Balaban J connectivity index is 1.82. The quantitative estimate of drug-likeness (QED) is 0.740. The van der Waals surface area contributed by atoms with Crippen LogP contribution in [0, 0.1) is 0 Å². The van der Waals surface area contributed by atoms with Gasteiger partial charge >= 0.3 is 0 Å². The molecular formula is C12H22N4O. The molecule has 1 aromatic rings. The monoisotopic (exact) mass is 238 g/mol. The Hall–Kier alpha value is -0.910. The Labute approximate surface area is 102 Å². The first-order valence-electron chi connectivity index (χ1n) is 6.40. The van der Waals surface area contributed by atoms with Crippen LogP contribution in [0.25, 0.3) is 0 Å². The average molecular weight is 238 g/mol. The maximum Gasteiger partial charge on any atom is 0.108 e. The molecule has 2 rings (SSSR count). The van der Waals surface area contributed by atoms with Crippen molar-refractivity contribution in [2.24, 2.45) is 0 Å². The summed E-state index contributed by atoms with van der Waals surface area (Å²) in [5.41, 5.74) is 0. The van der Waals surface area contributed by atoms with Crippen LogP contribution < -0.4 is 5.32 Å². The number of aliphatic hydroxyl groups is 1. The molecule has 0 radical (unpaired) electrons. The molecule has 96 valence electrons. The van der Waals surface area contributed by atoms with Gasteiger partial charge in [0.25, 0.3) is 0 Å². The summed E-state index contributed by atoms with van der Waals surface area (Å²) in [5, 5.41) is 13.4. The molecule has 1 aliphatic rings. The number of aromatic nitrogens is 2. The minimum absolute atomic E-state index is 0.312. The number of imidazole rings is 1. The lowest BCUT2D eigenvalue weighted by molar-refractivity contribution is 0.0911. The average Bonchev–Trinajstić information content (AvgIpc) is 2.77. The molecule has 0 aromatic carbocycles. The van der Waals surface area contributed by atoms with Crippen LogP contribution in [0.5, 0.6) is 0 Å². The minimum Gasteiger partial charge on any atom is -0.390 e. The summed E-state index contributed by atoms with van der Waals surface area (Å²) in [6, 6.07) is 0. The molecule has 1 aromatic heterocycles. The van der Waals surface area contributed by atoms with Crippen molar-refractivity contribution >= 4 is 0 Å². The second-order valence-electron chi connectivity index (χ2n) is 4.55. The lowest BCUT2D eigenvalue weighted by atomic mass is 10.2. The van der Waals surface area contributed by atoms with Gasteiger partial charge in [0.2, 0.25) is 0 Å². The van der Waals surface area contributed by atoms with Gasteiger partial charge in [0.05, 0.1) is 12.6 Å². The molecule has 1 atom stereocenters. The molecule has 2 heterocycles. The fourth-order valence-electron chi connectivity index (χ4n) is 2.30. The molecule has 1 saturated heterocycles. The van der Waals surface area contributed by atoms with Crippen LogP contribution in [0.3, 0.4) is 0 Å². The summed E-state index contributed by atoms with van der Waals surface area (Å²) < 4.78 is 2.05. The van der Waals surface area contributed by atoms with E-state index < -0.39 is 0 Å². The molecule has 0 aliphatic carbocycles. The molecule has 1 unspecified atom stereocenters. The van der Waals surface area contributed by atoms with E-state index in [1.807, 2.05) is 10.8 Å². The van der Waals surface area contributed by atoms with Crippen LogP contribution in [-0.2, 0) is 13.0 Å². The molecule has 0 spiro atoms. The number of β-amino-alcohol motifs (C(OH)–C–C–N with tert-alkyl or cyclic N) is 1. The zero-order valence-electron chi connectivity index (χ0n) is 10.5. The standard InChI is InChI=1S/C12H22N4O/c1-2-12-14-5-8-16(12)10-11(17)9-15-6-3-13-4-7-15/h5,8,11,13,17H,2-4,6-7,9-10H2,1H3. The van der Waals surface area contributed by atoms with Crippen molar-refractivity contribution in [2.75, 3.05) is 32.7 Å². The van der Waals surface area contributed by atoms with Gasteiger partial charge in [-0.05, 0) is 0 Å². The zero-order valence-corrected chi connectivity index (χ0v) is 10.5. The van der Waals surface area contributed by atoms with Gasteiger partial charge in [0.1, 0.15) is 5.82 Å². The van der Waals surface area contributed by atoms with E-state index in [1.165, 1.54) is 0 Å². The van der Waals surface area contributed by atoms with E-state index in [2.05, 4.69) is 22.1 Å².